The Morgan fingerprint density at radius 1 is 0.750 bits per heavy atom. The summed E-state index contributed by atoms with van der Waals surface area (Å²) >= 11 is 0. The molecule has 0 radical (unpaired) electrons. The Morgan fingerprint density at radius 3 is 1.73 bits per heavy atom. The molecule has 0 unspecified atom stereocenters. The van der Waals surface area contributed by atoms with E-state index in [1.807, 2.05) is 0 Å². The van der Waals surface area contributed by atoms with Crippen molar-refractivity contribution in [2.24, 2.45) is 0 Å². The van der Waals surface area contributed by atoms with Crippen LogP contribution in [0.25, 0.3) is 0 Å². The Hall–Kier alpha value is -4.04. The number of carbonyl (C=O) groups is 6. The first-order chi connectivity index (χ1) is 22.5. The van der Waals surface area contributed by atoms with Crippen LogP contribution < -0.4 is 5.32 Å². The Morgan fingerprint density at radius 2 is 1.23 bits per heavy atom. The van der Waals surface area contributed by atoms with Gasteiger partial charge in [0, 0.05) is 45.3 Å². The molecule has 2 aromatic carbocycles. The standard InChI is InChI=1S/C30H37N3O13P2/c34-25(16-21-3-7-23(8-4-21)19-47(40,41)42)2-1-14-32(29(38)18-30(39)46-33-27(36)11-12-28(33)37)15-13-31-26(35)17-22-5-9-24(10-6-22)20-48(43,44)45/h3-10H,1-2,11-20H2,(H,31,35)(H2,40,41,42)(H2,43,44,45). The number of rotatable bonds is 18. The summed E-state index contributed by atoms with van der Waals surface area (Å²) in [6.07, 6.45) is -1.63. The van der Waals surface area contributed by atoms with Crippen LogP contribution in [0, 0.1) is 0 Å². The number of nitrogens with one attached hydrogen (secondary N) is 1. The topological polar surface area (TPSA) is 245 Å². The SMILES string of the molecule is O=C(CCCN(CCNC(=O)Cc1ccc(CP(=O)(O)O)cc1)C(=O)CC(=O)ON1C(=O)CCC1=O)Cc1ccc(CP(=O)(O)O)cc1. The third-order valence-corrected chi connectivity index (χ3v) is 8.58. The van der Waals surface area contributed by atoms with E-state index in [4.69, 9.17) is 24.4 Å². The van der Waals surface area contributed by atoms with Crippen LogP contribution in [-0.4, -0.2) is 84.6 Å². The number of carbonyl (C=O) groups excluding carboxylic acids is 6. The summed E-state index contributed by atoms with van der Waals surface area (Å²) in [6.45, 7) is -0.0403. The molecule has 1 saturated heterocycles. The molecule has 48 heavy (non-hydrogen) atoms. The molecule has 1 aliphatic heterocycles. The van der Waals surface area contributed by atoms with E-state index in [2.05, 4.69) is 5.32 Å². The molecule has 0 aliphatic carbocycles. The molecule has 0 aromatic heterocycles. The second kappa shape index (κ2) is 17.4. The molecular formula is C30H37N3O13P2. The van der Waals surface area contributed by atoms with E-state index < -0.39 is 63.5 Å². The van der Waals surface area contributed by atoms with Crippen LogP contribution in [0.15, 0.2) is 48.5 Å². The first-order valence-corrected chi connectivity index (χ1v) is 18.4. The smallest absolute Gasteiger partial charge is 0.342 e. The minimum Gasteiger partial charge on any atom is -0.354 e. The van der Waals surface area contributed by atoms with Gasteiger partial charge in [0.1, 0.15) is 12.2 Å². The normalized spacial score (nSPS) is 13.4. The Bertz CT molecular complexity index is 1500. The quantitative estimate of drug-likeness (QED) is 0.0829. The van der Waals surface area contributed by atoms with Crippen LogP contribution in [0.4, 0.5) is 0 Å². The number of amides is 4. The summed E-state index contributed by atoms with van der Waals surface area (Å²) in [5, 5.41) is 2.99. The highest BCUT2D eigenvalue weighted by Gasteiger charge is 2.33. The van der Waals surface area contributed by atoms with Gasteiger partial charge in [-0.15, -0.1) is 5.06 Å². The van der Waals surface area contributed by atoms with E-state index in [0.717, 1.165) is 0 Å². The van der Waals surface area contributed by atoms with Crippen molar-refractivity contribution in [3.63, 3.8) is 0 Å². The van der Waals surface area contributed by atoms with Gasteiger partial charge in [-0.05, 0) is 28.7 Å². The molecule has 0 saturated carbocycles. The predicted octanol–water partition coefficient (Wildman–Crippen LogP) is 1.12. The van der Waals surface area contributed by atoms with Gasteiger partial charge in [0.05, 0.1) is 18.7 Å². The highest BCUT2D eigenvalue weighted by molar-refractivity contribution is 7.51. The minimum atomic E-state index is -4.24. The van der Waals surface area contributed by atoms with Crippen molar-refractivity contribution in [2.75, 3.05) is 19.6 Å². The lowest BCUT2D eigenvalue weighted by atomic mass is 10.0. The van der Waals surface area contributed by atoms with Crippen LogP contribution in [0.1, 0.15) is 54.4 Å². The average molecular weight is 710 g/mol. The van der Waals surface area contributed by atoms with Gasteiger partial charge < -0.3 is 34.6 Å². The molecule has 18 heteroatoms. The summed E-state index contributed by atoms with van der Waals surface area (Å²) in [6, 6.07) is 12.4. The first kappa shape index (κ1) is 38.4. The lowest BCUT2D eigenvalue weighted by molar-refractivity contribution is -0.198. The van der Waals surface area contributed by atoms with E-state index in [-0.39, 0.29) is 63.9 Å². The fourth-order valence-corrected chi connectivity index (χ4v) is 6.12. The van der Waals surface area contributed by atoms with E-state index in [1.54, 1.807) is 24.3 Å². The molecule has 0 bridgehead atoms. The van der Waals surface area contributed by atoms with Crippen molar-refractivity contribution < 1.29 is 62.3 Å². The third kappa shape index (κ3) is 14.0. The molecule has 1 fully saturated rings. The molecule has 1 heterocycles. The second-order valence-electron chi connectivity index (χ2n) is 11.2. The van der Waals surface area contributed by atoms with Crippen molar-refractivity contribution in [1.82, 2.24) is 15.3 Å². The molecule has 0 spiro atoms. The van der Waals surface area contributed by atoms with Crippen molar-refractivity contribution in [3.8, 4) is 0 Å². The zero-order chi connectivity index (χ0) is 35.5. The van der Waals surface area contributed by atoms with Crippen molar-refractivity contribution in [1.29, 1.82) is 0 Å². The fourth-order valence-electron chi connectivity index (χ4n) is 4.75. The summed E-state index contributed by atoms with van der Waals surface area (Å²) in [7, 11) is -8.46. The van der Waals surface area contributed by atoms with Gasteiger partial charge in [-0.3, -0.25) is 33.1 Å². The van der Waals surface area contributed by atoms with Crippen LogP contribution in [0.5, 0.6) is 0 Å². The van der Waals surface area contributed by atoms with Crippen molar-refractivity contribution in [3.05, 3.63) is 70.8 Å². The van der Waals surface area contributed by atoms with E-state index in [0.29, 0.717) is 27.3 Å². The summed E-state index contributed by atoms with van der Waals surface area (Å²) in [5.41, 5.74) is 2.05. The molecule has 4 amide bonds. The van der Waals surface area contributed by atoms with Crippen LogP contribution in [0.2, 0.25) is 0 Å². The van der Waals surface area contributed by atoms with Crippen LogP contribution in [-0.2, 0) is 67.9 Å². The lowest BCUT2D eigenvalue weighted by Gasteiger charge is -2.23. The van der Waals surface area contributed by atoms with Crippen LogP contribution in [0.3, 0.4) is 0 Å². The number of hydrogen-bond acceptors (Lipinski definition) is 9. The largest absolute Gasteiger partial charge is 0.354 e. The number of hydrogen-bond donors (Lipinski definition) is 5. The molecule has 260 valence electrons. The maximum atomic E-state index is 13.0. The highest BCUT2D eigenvalue weighted by Crippen LogP contribution is 2.39. The summed E-state index contributed by atoms with van der Waals surface area (Å²) in [5.74, 6) is -3.83. The van der Waals surface area contributed by atoms with Crippen LogP contribution >= 0.6 is 15.2 Å². The van der Waals surface area contributed by atoms with Gasteiger partial charge in [0.15, 0.2) is 0 Å². The van der Waals surface area contributed by atoms with Gasteiger partial charge in [-0.25, -0.2) is 4.79 Å². The molecule has 3 rings (SSSR count). The van der Waals surface area contributed by atoms with E-state index >= 15 is 0 Å². The summed E-state index contributed by atoms with van der Waals surface area (Å²) < 4.78 is 22.4. The molecule has 2 aromatic rings. The molecule has 1 aliphatic rings. The fraction of sp³-hybridized carbons (Fsp3) is 0.400. The first-order valence-electron chi connectivity index (χ1n) is 14.8. The molecule has 16 nitrogen and oxygen atoms in total. The molecular weight excluding hydrogens is 672 g/mol. The number of imide groups is 1. The maximum Gasteiger partial charge on any atom is 0.342 e. The monoisotopic (exact) mass is 709 g/mol. The predicted molar refractivity (Wildman–Crippen MR) is 167 cm³/mol. The number of ketones is 1. The van der Waals surface area contributed by atoms with E-state index in [1.165, 1.54) is 29.2 Å². The zero-order valence-electron chi connectivity index (χ0n) is 25.9. The van der Waals surface area contributed by atoms with Crippen molar-refractivity contribution in [2.45, 2.75) is 57.3 Å². The number of hydroxylamine groups is 2. The number of benzene rings is 2. The lowest BCUT2D eigenvalue weighted by Crippen LogP contribution is -2.41. The van der Waals surface area contributed by atoms with Gasteiger partial charge >= 0.3 is 21.2 Å². The van der Waals surface area contributed by atoms with Gasteiger partial charge in [-0.2, -0.15) is 0 Å². The zero-order valence-corrected chi connectivity index (χ0v) is 27.6. The summed E-state index contributed by atoms with van der Waals surface area (Å²) in [4.78, 5) is 116. The highest BCUT2D eigenvalue weighted by atomic mass is 31.2. The number of nitrogens with zero attached hydrogens (tertiary/aromatic N) is 2. The molecule has 5 N–H and O–H groups in total. The molecule has 0 atom stereocenters. The maximum absolute atomic E-state index is 13.0. The van der Waals surface area contributed by atoms with E-state index in [9.17, 15) is 37.9 Å². The Labute approximate surface area is 275 Å². The minimum absolute atomic E-state index is 0.0199. The van der Waals surface area contributed by atoms with Gasteiger partial charge in [-0.1, -0.05) is 48.5 Å². The van der Waals surface area contributed by atoms with Gasteiger partial charge in [0.2, 0.25) is 11.8 Å². The third-order valence-electron chi connectivity index (χ3n) is 7.02. The second-order valence-corrected chi connectivity index (χ2v) is 14.5. The Balaban J connectivity index is 1.53. The van der Waals surface area contributed by atoms with Gasteiger partial charge in [0.25, 0.3) is 11.8 Å². The van der Waals surface area contributed by atoms with Crippen molar-refractivity contribution >= 4 is 50.6 Å². The Kier molecular flexibility index (Phi) is 13.9. The number of Topliss-reactive ketones (excluding diaryl/α,β-unsaturated/α-hetero) is 1. The average Bonchev–Trinajstić information content (AvgIpc) is 3.29.